The van der Waals surface area contributed by atoms with E-state index in [1.165, 1.54) is 12.1 Å². The third kappa shape index (κ3) is 4.60. The maximum Gasteiger partial charge on any atom is 0.326 e. The Balaban J connectivity index is 2.64. The topological polar surface area (TPSA) is 49.3 Å². The number of halogens is 2. The predicted molar refractivity (Wildman–Crippen MR) is 63.6 cm³/mol. The van der Waals surface area contributed by atoms with Crippen molar-refractivity contribution in [3.8, 4) is 0 Å². The largest absolute Gasteiger partial charge is 0.480 e. The van der Waals surface area contributed by atoms with Crippen molar-refractivity contribution in [2.24, 2.45) is 0 Å². The number of carboxylic acid groups (broad SMARTS) is 1. The molecule has 0 bridgehead atoms. The first-order valence-electron chi connectivity index (χ1n) is 5.07. The molecule has 1 unspecified atom stereocenters. The highest BCUT2D eigenvalue weighted by molar-refractivity contribution is 7.99. The van der Waals surface area contributed by atoms with Gasteiger partial charge in [-0.2, -0.15) is 8.78 Å². The fourth-order valence-corrected chi connectivity index (χ4v) is 1.77. The average molecular weight is 261 g/mol. The van der Waals surface area contributed by atoms with E-state index < -0.39 is 17.8 Å². The minimum atomic E-state index is -2.45. The van der Waals surface area contributed by atoms with Crippen LogP contribution in [0.5, 0.6) is 0 Å². The summed E-state index contributed by atoms with van der Waals surface area (Å²) in [4.78, 5) is 11.2. The Morgan fingerprint density at radius 1 is 1.41 bits per heavy atom. The molecule has 0 aliphatic carbocycles. The van der Waals surface area contributed by atoms with Crippen LogP contribution in [-0.2, 0) is 4.79 Å². The molecule has 1 aromatic carbocycles. The number of aliphatic carboxylic acids is 1. The van der Waals surface area contributed by atoms with Crippen LogP contribution in [0, 0.1) is 0 Å². The first-order valence-corrected chi connectivity index (χ1v) is 5.95. The maximum absolute atomic E-state index is 12.1. The Bertz CT molecular complexity index is 370. The van der Waals surface area contributed by atoms with Crippen LogP contribution in [0.15, 0.2) is 29.2 Å². The van der Waals surface area contributed by atoms with Gasteiger partial charge in [-0.3, -0.25) is 0 Å². The Kier molecular flexibility index (Phi) is 5.21. The Morgan fingerprint density at radius 3 is 2.41 bits per heavy atom. The molecule has 0 saturated carbocycles. The molecule has 0 aliphatic rings. The molecule has 0 amide bonds. The van der Waals surface area contributed by atoms with E-state index in [-0.39, 0.29) is 0 Å². The normalized spacial score (nSPS) is 12.5. The Labute approximate surface area is 102 Å². The Morgan fingerprint density at radius 2 is 2.00 bits per heavy atom. The van der Waals surface area contributed by atoms with Crippen molar-refractivity contribution >= 4 is 23.4 Å². The van der Waals surface area contributed by atoms with E-state index in [4.69, 9.17) is 5.11 Å². The molecule has 1 rings (SSSR count). The number of hydrogen-bond acceptors (Lipinski definition) is 3. The van der Waals surface area contributed by atoms with Crippen LogP contribution in [0.2, 0.25) is 0 Å². The number of benzene rings is 1. The molecular formula is C11H13F2NO2S. The molecular weight excluding hydrogens is 248 g/mol. The van der Waals surface area contributed by atoms with Crippen molar-refractivity contribution in [2.75, 3.05) is 5.32 Å². The molecule has 6 heteroatoms. The van der Waals surface area contributed by atoms with Gasteiger partial charge in [0.15, 0.2) is 0 Å². The quantitative estimate of drug-likeness (QED) is 0.772. The monoisotopic (exact) mass is 261 g/mol. The van der Waals surface area contributed by atoms with Gasteiger partial charge >= 0.3 is 5.97 Å². The molecule has 0 fully saturated rings. The fourth-order valence-electron chi connectivity index (χ4n) is 1.27. The van der Waals surface area contributed by atoms with Gasteiger partial charge in [0, 0.05) is 10.6 Å². The van der Waals surface area contributed by atoms with Crippen LogP contribution in [0.1, 0.15) is 13.3 Å². The zero-order valence-corrected chi connectivity index (χ0v) is 10.0. The highest BCUT2D eigenvalue weighted by Crippen LogP contribution is 2.26. The summed E-state index contributed by atoms with van der Waals surface area (Å²) >= 11 is 0.461. The molecule has 0 aromatic heterocycles. The van der Waals surface area contributed by atoms with E-state index in [0.717, 1.165) is 0 Å². The smallest absolute Gasteiger partial charge is 0.326 e. The molecule has 94 valence electrons. The van der Waals surface area contributed by atoms with E-state index in [0.29, 0.717) is 28.8 Å². The highest BCUT2D eigenvalue weighted by Gasteiger charge is 2.14. The van der Waals surface area contributed by atoms with E-state index in [1.54, 1.807) is 19.1 Å². The van der Waals surface area contributed by atoms with Crippen LogP contribution in [0.25, 0.3) is 0 Å². The summed E-state index contributed by atoms with van der Waals surface area (Å²) in [6.45, 7) is 1.76. The summed E-state index contributed by atoms with van der Waals surface area (Å²) in [7, 11) is 0. The molecule has 0 aliphatic heterocycles. The van der Waals surface area contributed by atoms with Crippen LogP contribution in [0.4, 0.5) is 14.5 Å². The molecule has 1 atom stereocenters. The first kappa shape index (κ1) is 13.8. The molecule has 0 heterocycles. The molecule has 3 nitrogen and oxygen atoms in total. The van der Waals surface area contributed by atoms with Crippen molar-refractivity contribution in [3.63, 3.8) is 0 Å². The van der Waals surface area contributed by atoms with Gasteiger partial charge in [0.1, 0.15) is 6.04 Å². The van der Waals surface area contributed by atoms with Gasteiger partial charge in [0.25, 0.3) is 5.76 Å². The van der Waals surface area contributed by atoms with E-state index in [9.17, 15) is 13.6 Å². The summed E-state index contributed by atoms with van der Waals surface area (Å²) < 4.78 is 24.1. The van der Waals surface area contributed by atoms with Gasteiger partial charge < -0.3 is 10.4 Å². The third-order valence-electron chi connectivity index (χ3n) is 2.13. The molecule has 17 heavy (non-hydrogen) atoms. The molecule has 0 saturated heterocycles. The van der Waals surface area contributed by atoms with Crippen molar-refractivity contribution < 1.29 is 18.7 Å². The van der Waals surface area contributed by atoms with Crippen molar-refractivity contribution in [1.82, 2.24) is 0 Å². The number of carboxylic acids is 1. The summed E-state index contributed by atoms with van der Waals surface area (Å²) in [5, 5.41) is 11.7. The van der Waals surface area contributed by atoms with Crippen LogP contribution in [-0.4, -0.2) is 22.9 Å². The lowest BCUT2D eigenvalue weighted by molar-refractivity contribution is -0.137. The van der Waals surface area contributed by atoms with Gasteiger partial charge in [0.05, 0.1) is 0 Å². The second-order valence-electron chi connectivity index (χ2n) is 3.35. The van der Waals surface area contributed by atoms with Crippen LogP contribution < -0.4 is 5.32 Å². The molecule has 0 radical (unpaired) electrons. The number of rotatable bonds is 6. The van der Waals surface area contributed by atoms with Gasteiger partial charge in [-0.25, -0.2) is 4.79 Å². The number of anilines is 1. The van der Waals surface area contributed by atoms with Gasteiger partial charge in [-0.05, 0) is 30.7 Å². The lowest BCUT2D eigenvalue weighted by Crippen LogP contribution is -2.28. The zero-order valence-electron chi connectivity index (χ0n) is 9.19. The second-order valence-corrected chi connectivity index (χ2v) is 4.41. The lowest BCUT2D eigenvalue weighted by Gasteiger charge is -2.13. The van der Waals surface area contributed by atoms with Crippen molar-refractivity contribution in [1.29, 1.82) is 0 Å². The minimum Gasteiger partial charge on any atom is -0.480 e. The average Bonchev–Trinajstić information content (AvgIpc) is 2.26. The molecule has 0 spiro atoms. The second kappa shape index (κ2) is 6.44. The third-order valence-corrected chi connectivity index (χ3v) is 2.85. The predicted octanol–water partition coefficient (Wildman–Crippen LogP) is 3.28. The summed E-state index contributed by atoms with van der Waals surface area (Å²) in [6, 6.07) is 5.59. The fraction of sp³-hybridized carbons (Fsp3) is 0.364. The van der Waals surface area contributed by atoms with E-state index in [2.05, 4.69) is 5.32 Å². The number of nitrogens with one attached hydrogen (secondary N) is 1. The van der Waals surface area contributed by atoms with E-state index >= 15 is 0 Å². The number of carbonyl (C=O) groups is 1. The van der Waals surface area contributed by atoms with Gasteiger partial charge in [-0.15, -0.1) is 0 Å². The summed E-state index contributed by atoms with van der Waals surface area (Å²) in [6.07, 6.45) is 0.447. The minimum absolute atomic E-state index is 0.447. The van der Waals surface area contributed by atoms with Crippen molar-refractivity contribution in [2.45, 2.75) is 30.0 Å². The number of thioether (sulfide) groups is 1. The summed E-state index contributed by atoms with van der Waals surface area (Å²) in [5.41, 5.74) is 0.609. The molecule has 2 N–H and O–H groups in total. The number of hydrogen-bond donors (Lipinski definition) is 2. The standard InChI is InChI=1S/C11H13F2NO2S/c1-2-9(10(15)16)14-7-3-5-8(6-4-7)17-11(12)13/h3-6,9,11,14H,2H2,1H3,(H,15,16). The Hall–Kier alpha value is -1.30. The lowest BCUT2D eigenvalue weighted by atomic mass is 10.2. The van der Waals surface area contributed by atoms with E-state index in [1.807, 2.05) is 0 Å². The van der Waals surface area contributed by atoms with Gasteiger partial charge in [-0.1, -0.05) is 18.7 Å². The zero-order chi connectivity index (χ0) is 12.8. The van der Waals surface area contributed by atoms with Crippen molar-refractivity contribution in [3.05, 3.63) is 24.3 Å². The maximum atomic E-state index is 12.1. The molecule has 1 aromatic rings. The van der Waals surface area contributed by atoms with Crippen LogP contribution >= 0.6 is 11.8 Å². The summed E-state index contributed by atoms with van der Waals surface area (Å²) in [5.74, 6) is -3.38. The number of alkyl halides is 2. The highest BCUT2D eigenvalue weighted by atomic mass is 32.2. The van der Waals surface area contributed by atoms with Gasteiger partial charge in [0.2, 0.25) is 0 Å². The van der Waals surface area contributed by atoms with Crippen LogP contribution in [0.3, 0.4) is 0 Å². The SMILES string of the molecule is CCC(Nc1ccc(SC(F)F)cc1)C(=O)O. The first-order chi connectivity index (χ1) is 8.02.